The molecule has 0 radical (unpaired) electrons. The Bertz CT molecular complexity index is 1060. The summed E-state index contributed by atoms with van der Waals surface area (Å²) in [4.78, 5) is 27.3. The van der Waals surface area contributed by atoms with Gasteiger partial charge in [-0.2, -0.15) is 10.6 Å². The Morgan fingerprint density at radius 1 is 1.08 bits per heavy atom. The minimum absolute atomic E-state index is 0.0813. The van der Waals surface area contributed by atoms with E-state index in [0.717, 1.165) is 12.8 Å². The molecular formula is C26H35N3O6S. The summed E-state index contributed by atoms with van der Waals surface area (Å²) >= 11 is 0. The number of aliphatic hydroxyl groups is 1. The summed E-state index contributed by atoms with van der Waals surface area (Å²) in [7, 11) is -2.60. The van der Waals surface area contributed by atoms with Crippen molar-refractivity contribution < 1.29 is 28.5 Å². The summed E-state index contributed by atoms with van der Waals surface area (Å²) in [6.45, 7) is 3.10. The zero-order chi connectivity index (χ0) is 25.7. The van der Waals surface area contributed by atoms with Gasteiger partial charge in [-0.25, -0.2) is 0 Å². The lowest BCUT2D eigenvalue weighted by atomic mass is 10.1. The molecule has 0 bridgehead atoms. The van der Waals surface area contributed by atoms with Crippen LogP contribution in [0.15, 0.2) is 42.5 Å². The first-order chi connectivity index (χ1) is 17.3. The number of ether oxygens (including phenoxy) is 1. The second-order valence-electron chi connectivity index (χ2n) is 9.29. The summed E-state index contributed by atoms with van der Waals surface area (Å²) in [5.41, 5.74) is 3.32. The minimum Gasteiger partial charge on any atom is -0.493 e. The molecular weight excluding hydrogens is 482 g/mol. The van der Waals surface area contributed by atoms with Gasteiger partial charge in [-0.15, -0.1) is 0 Å². The van der Waals surface area contributed by atoms with Gasteiger partial charge in [0.05, 0.1) is 29.8 Å². The lowest BCUT2D eigenvalue weighted by Crippen LogP contribution is -2.42. The van der Waals surface area contributed by atoms with E-state index in [1.165, 1.54) is 11.1 Å². The lowest BCUT2D eigenvalue weighted by Gasteiger charge is -2.40. The van der Waals surface area contributed by atoms with Crippen LogP contribution in [0.25, 0.3) is 0 Å². The topological polar surface area (TPSA) is 131 Å². The van der Waals surface area contributed by atoms with Gasteiger partial charge in [0, 0.05) is 37.8 Å². The van der Waals surface area contributed by atoms with Crippen LogP contribution in [0.4, 0.5) is 0 Å². The predicted molar refractivity (Wildman–Crippen MR) is 140 cm³/mol. The summed E-state index contributed by atoms with van der Waals surface area (Å²) in [5.74, 6) is -0.00583. The van der Waals surface area contributed by atoms with E-state index in [1.807, 2.05) is 12.1 Å². The number of aliphatic hydroxyl groups excluding tert-OH is 1. The molecule has 1 saturated heterocycles. The van der Waals surface area contributed by atoms with Gasteiger partial charge in [0.25, 0.3) is 11.8 Å². The molecule has 0 spiro atoms. The van der Waals surface area contributed by atoms with Gasteiger partial charge in [-0.05, 0) is 49.1 Å². The van der Waals surface area contributed by atoms with Crippen molar-refractivity contribution in [1.82, 2.24) is 15.5 Å². The molecule has 36 heavy (non-hydrogen) atoms. The van der Waals surface area contributed by atoms with Crippen molar-refractivity contribution in [3.63, 3.8) is 0 Å². The highest BCUT2D eigenvalue weighted by Gasteiger charge is 2.27. The van der Waals surface area contributed by atoms with Crippen molar-refractivity contribution in [2.45, 2.75) is 31.9 Å². The maximum atomic E-state index is 12.9. The summed E-state index contributed by atoms with van der Waals surface area (Å²) < 4.78 is 25.2. The number of amides is 2. The Balaban J connectivity index is 1.30. The number of nitrogens with one attached hydrogen (secondary N) is 2. The largest absolute Gasteiger partial charge is 0.493 e. The van der Waals surface area contributed by atoms with E-state index in [2.05, 4.69) is 22.8 Å². The molecule has 10 heteroatoms. The Kier molecular flexibility index (Phi) is 8.53. The van der Waals surface area contributed by atoms with Crippen molar-refractivity contribution in [3.8, 4) is 5.75 Å². The molecule has 0 aromatic heterocycles. The number of benzene rings is 2. The first-order valence-electron chi connectivity index (χ1n) is 12.3. The molecule has 0 saturated carbocycles. The fourth-order valence-corrected chi connectivity index (χ4v) is 5.84. The van der Waals surface area contributed by atoms with Crippen molar-refractivity contribution in [2.24, 2.45) is 0 Å². The number of carbonyl (C=O) groups is 2. The summed E-state index contributed by atoms with van der Waals surface area (Å²) in [6.07, 6.45) is 1.11. The van der Waals surface area contributed by atoms with Crippen LogP contribution in [0.2, 0.25) is 0 Å². The molecule has 1 atom stereocenters. The van der Waals surface area contributed by atoms with Crippen LogP contribution in [-0.2, 0) is 12.8 Å². The molecule has 196 valence electrons. The molecule has 2 amide bonds. The minimum atomic E-state index is -2.60. The number of nitrogens with zero attached hydrogens (tertiary/aromatic N) is 1. The fraction of sp³-hybridized carbons (Fsp3) is 0.462. The van der Waals surface area contributed by atoms with Crippen LogP contribution in [0.3, 0.4) is 0 Å². The van der Waals surface area contributed by atoms with Gasteiger partial charge in [0.1, 0.15) is 5.75 Å². The number of hydrogen-bond acceptors (Lipinski definition) is 7. The van der Waals surface area contributed by atoms with Gasteiger partial charge in [0.15, 0.2) is 0 Å². The Morgan fingerprint density at radius 2 is 1.75 bits per heavy atom. The van der Waals surface area contributed by atoms with Crippen LogP contribution < -0.4 is 15.4 Å². The molecule has 2 aromatic carbocycles. The maximum absolute atomic E-state index is 12.9. The molecule has 9 nitrogen and oxygen atoms in total. The highest BCUT2D eigenvalue weighted by molar-refractivity contribution is 8.24. The van der Waals surface area contributed by atoms with Gasteiger partial charge in [-0.1, -0.05) is 24.3 Å². The molecule has 1 heterocycles. The average Bonchev–Trinajstić information content (AvgIpc) is 3.29. The Hall–Kier alpha value is -2.63. The van der Waals surface area contributed by atoms with Crippen LogP contribution in [0, 0.1) is 0 Å². The zero-order valence-electron chi connectivity index (χ0n) is 20.5. The van der Waals surface area contributed by atoms with Crippen molar-refractivity contribution in [2.75, 3.05) is 44.3 Å². The number of carbonyl (C=O) groups excluding carboxylic acids is 2. The smallest absolute Gasteiger partial charge is 0.255 e. The van der Waals surface area contributed by atoms with Crippen LogP contribution in [0.5, 0.6) is 5.75 Å². The predicted octanol–water partition coefficient (Wildman–Crippen LogP) is 2.14. The third kappa shape index (κ3) is 6.57. The van der Waals surface area contributed by atoms with E-state index < -0.39 is 22.6 Å². The quantitative estimate of drug-likeness (QED) is 0.344. The maximum Gasteiger partial charge on any atom is 0.255 e. The van der Waals surface area contributed by atoms with Crippen molar-refractivity contribution in [1.29, 1.82) is 0 Å². The molecule has 1 aliphatic carbocycles. The van der Waals surface area contributed by atoms with Gasteiger partial charge >= 0.3 is 0 Å². The molecule has 1 unspecified atom stereocenters. The van der Waals surface area contributed by atoms with E-state index in [-0.39, 0.29) is 48.7 Å². The lowest BCUT2D eigenvalue weighted by molar-refractivity contribution is 0.0766. The van der Waals surface area contributed by atoms with E-state index in [9.17, 15) is 23.8 Å². The third-order valence-electron chi connectivity index (χ3n) is 6.63. The standard InChI is InChI=1S/C26H35N3O6S/c1-2-35-24-15-20(26(32)29-9-11-36(33,34)12-10-29)7-8-23(24)25(31)28-17-22(30)16-27-21-13-18-5-3-4-6-19(18)14-21/h3-8,15,21-22,27,30,33-34H,2,9-14,16-17H2,1H3,(H,28,31). The highest BCUT2D eigenvalue weighted by atomic mass is 32.3. The Labute approximate surface area is 213 Å². The summed E-state index contributed by atoms with van der Waals surface area (Å²) in [6, 6.07) is 13.3. The average molecular weight is 518 g/mol. The van der Waals surface area contributed by atoms with E-state index in [0.29, 0.717) is 24.5 Å². The van der Waals surface area contributed by atoms with Crippen LogP contribution >= 0.6 is 10.6 Å². The SMILES string of the molecule is CCOc1cc(C(=O)N2CCS(O)(O)CC2)ccc1C(=O)NCC(O)CNC1Cc2ccccc2C1. The van der Waals surface area contributed by atoms with E-state index in [4.69, 9.17) is 4.74 Å². The van der Waals surface area contributed by atoms with E-state index in [1.54, 1.807) is 30.0 Å². The first kappa shape index (κ1) is 26.4. The molecule has 4 rings (SSSR count). The monoisotopic (exact) mass is 517 g/mol. The molecule has 1 aliphatic heterocycles. The fourth-order valence-electron chi connectivity index (χ4n) is 4.61. The first-order valence-corrected chi connectivity index (χ1v) is 14.2. The second-order valence-corrected chi connectivity index (χ2v) is 11.7. The third-order valence-corrected chi connectivity index (χ3v) is 8.30. The molecule has 1 fully saturated rings. The van der Waals surface area contributed by atoms with Crippen LogP contribution in [-0.4, -0.2) is 87.4 Å². The van der Waals surface area contributed by atoms with Gasteiger partial charge in [-0.3, -0.25) is 18.7 Å². The zero-order valence-corrected chi connectivity index (χ0v) is 21.3. The number of hydrogen-bond donors (Lipinski definition) is 5. The molecule has 2 aliphatic rings. The number of fused-ring (bicyclic) bond motifs is 1. The van der Waals surface area contributed by atoms with E-state index >= 15 is 0 Å². The second kappa shape index (κ2) is 11.6. The van der Waals surface area contributed by atoms with Crippen LogP contribution in [0.1, 0.15) is 38.8 Å². The van der Waals surface area contributed by atoms with Gasteiger partial charge in [0.2, 0.25) is 0 Å². The molecule has 2 aromatic rings. The highest BCUT2D eigenvalue weighted by Crippen LogP contribution is 2.40. The van der Waals surface area contributed by atoms with Gasteiger partial charge < -0.3 is 25.4 Å². The Morgan fingerprint density at radius 3 is 2.39 bits per heavy atom. The normalized spacial score (nSPS) is 18.8. The van der Waals surface area contributed by atoms with Crippen molar-refractivity contribution >= 4 is 22.4 Å². The summed E-state index contributed by atoms with van der Waals surface area (Å²) in [5, 5.41) is 16.5. The van der Waals surface area contributed by atoms with Crippen molar-refractivity contribution in [3.05, 3.63) is 64.7 Å². The molecule has 5 N–H and O–H groups in total. The number of rotatable bonds is 9.